The fourth-order valence-corrected chi connectivity index (χ4v) is 2.77. The third-order valence-electron chi connectivity index (χ3n) is 3.78. The third-order valence-corrected chi connectivity index (χ3v) is 3.78. The molecule has 0 amide bonds. The van der Waals surface area contributed by atoms with Gasteiger partial charge >= 0.3 is 0 Å². The number of aryl methyl sites for hydroxylation is 1. The quantitative estimate of drug-likeness (QED) is 0.879. The zero-order chi connectivity index (χ0) is 13.2. The topological polar surface area (TPSA) is 21.3 Å². The van der Waals surface area contributed by atoms with Crippen molar-refractivity contribution < 1.29 is 4.74 Å². The van der Waals surface area contributed by atoms with E-state index in [1.54, 1.807) is 0 Å². The van der Waals surface area contributed by atoms with Gasteiger partial charge in [-0.3, -0.25) is 0 Å². The van der Waals surface area contributed by atoms with E-state index in [-0.39, 0.29) is 6.10 Å². The van der Waals surface area contributed by atoms with Crippen LogP contribution in [0.1, 0.15) is 35.3 Å². The summed E-state index contributed by atoms with van der Waals surface area (Å²) in [5.41, 5.74) is 3.80. The molecule has 0 bridgehead atoms. The van der Waals surface area contributed by atoms with Crippen LogP contribution in [0.15, 0.2) is 48.5 Å². The van der Waals surface area contributed by atoms with E-state index in [1.807, 2.05) is 13.1 Å². The first-order valence-corrected chi connectivity index (χ1v) is 6.77. The Hall–Kier alpha value is -1.80. The lowest BCUT2D eigenvalue weighted by molar-refractivity contribution is 0.154. The number of benzene rings is 2. The van der Waals surface area contributed by atoms with E-state index >= 15 is 0 Å². The number of hydrogen-bond donors (Lipinski definition) is 1. The Labute approximate surface area is 114 Å². The van der Waals surface area contributed by atoms with E-state index in [9.17, 15) is 0 Å². The molecule has 1 aliphatic heterocycles. The van der Waals surface area contributed by atoms with Crippen LogP contribution >= 0.6 is 0 Å². The maximum Gasteiger partial charge on any atom is 0.126 e. The van der Waals surface area contributed by atoms with Crippen molar-refractivity contribution in [1.82, 2.24) is 5.32 Å². The first-order valence-electron chi connectivity index (χ1n) is 6.77. The Bertz CT molecular complexity index is 579. The highest BCUT2D eigenvalue weighted by Crippen LogP contribution is 2.40. The van der Waals surface area contributed by atoms with E-state index in [0.717, 1.165) is 12.2 Å². The van der Waals surface area contributed by atoms with Crippen molar-refractivity contribution in [2.75, 3.05) is 7.05 Å². The van der Waals surface area contributed by atoms with Crippen LogP contribution in [0.5, 0.6) is 5.75 Å². The van der Waals surface area contributed by atoms with Crippen molar-refractivity contribution in [2.45, 2.75) is 25.5 Å². The van der Waals surface area contributed by atoms with Crippen LogP contribution in [-0.2, 0) is 0 Å². The number of ether oxygens (including phenoxy) is 1. The predicted molar refractivity (Wildman–Crippen MR) is 77.4 cm³/mol. The average molecular weight is 253 g/mol. The Morgan fingerprint density at radius 1 is 1.11 bits per heavy atom. The van der Waals surface area contributed by atoms with Crippen molar-refractivity contribution in [3.63, 3.8) is 0 Å². The number of hydrogen-bond acceptors (Lipinski definition) is 2. The molecule has 98 valence electrons. The Morgan fingerprint density at radius 2 is 1.95 bits per heavy atom. The van der Waals surface area contributed by atoms with Gasteiger partial charge < -0.3 is 10.1 Å². The first kappa shape index (κ1) is 12.2. The second-order valence-electron chi connectivity index (χ2n) is 5.14. The average Bonchev–Trinajstić information content (AvgIpc) is 2.46. The van der Waals surface area contributed by atoms with Crippen LogP contribution in [0.4, 0.5) is 0 Å². The molecule has 2 nitrogen and oxygen atoms in total. The van der Waals surface area contributed by atoms with Gasteiger partial charge in [0.05, 0.1) is 0 Å². The Balaban J connectivity index is 1.95. The molecule has 0 fully saturated rings. The molecule has 0 saturated carbocycles. The molecular formula is C17H19NO. The number of nitrogens with one attached hydrogen (secondary N) is 1. The highest BCUT2D eigenvalue weighted by Gasteiger charge is 2.27. The third kappa shape index (κ3) is 2.36. The van der Waals surface area contributed by atoms with Crippen LogP contribution in [0, 0.1) is 6.92 Å². The Kier molecular flexibility index (Phi) is 3.26. The molecule has 2 aromatic rings. The van der Waals surface area contributed by atoms with Gasteiger partial charge in [-0.1, -0.05) is 48.0 Å². The summed E-state index contributed by atoms with van der Waals surface area (Å²) in [5.74, 6) is 1.000. The fraction of sp³-hybridized carbons (Fsp3) is 0.294. The van der Waals surface area contributed by atoms with E-state index in [4.69, 9.17) is 4.74 Å². The summed E-state index contributed by atoms with van der Waals surface area (Å²) in [6.45, 7) is 2.12. The molecular weight excluding hydrogens is 234 g/mol. The highest BCUT2D eigenvalue weighted by atomic mass is 16.5. The largest absolute Gasteiger partial charge is 0.485 e. The van der Waals surface area contributed by atoms with Gasteiger partial charge in [-0.2, -0.15) is 0 Å². The van der Waals surface area contributed by atoms with Gasteiger partial charge in [0.2, 0.25) is 0 Å². The molecule has 2 unspecified atom stereocenters. The van der Waals surface area contributed by atoms with Crippen LogP contribution < -0.4 is 10.1 Å². The van der Waals surface area contributed by atoms with Crippen LogP contribution in [0.2, 0.25) is 0 Å². The molecule has 2 atom stereocenters. The first-order chi connectivity index (χ1) is 9.28. The monoisotopic (exact) mass is 253 g/mol. The fourth-order valence-electron chi connectivity index (χ4n) is 2.77. The zero-order valence-electron chi connectivity index (χ0n) is 11.4. The summed E-state index contributed by atoms with van der Waals surface area (Å²) >= 11 is 0. The van der Waals surface area contributed by atoms with Crippen molar-refractivity contribution in [3.05, 3.63) is 65.2 Å². The minimum Gasteiger partial charge on any atom is -0.485 e. The summed E-state index contributed by atoms with van der Waals surface area (Å²) in [6.07, 6.45) is 1.10. The smallest absolute Gasteiger partial charge is 0.126 e. The Morgan fingerprint density at radius 3 is 2.74 bits per heavy atom. The van der Waals surface area contributed by atoms with E-state index in [1.165, 1.54) is 16.7 Å². The molecule has 0 aliphatic carbocycles. The minimum atomic E-state index is 0.132. The molecule has 19 heavy (non-hydrogen) atoms. The predicted octanol–water partition coefficient (Wildman–Crippen LogP) is 3.78. The second-order valence-corrected chi connectivity index (χ2v) is 5.14. The molecule has 0 spiro atoms. The van der Waals surface area contributed by atoms with Gasteiger partial charge in [0.25, 0.3) is 0 Å². The lowest BCUT2D eigenvalue weighted by atomic mass is 9.92. The number of fused-ring (bicyclic) bond motifs is 1. The number of para-hydroxylation sites is 1. The van der Waals surface area contributed by atoms with Crippen LogP contribution in [0.3, 0.4) is 0 Å². The van der Waals surface area contributed by atoms with E-state index < -0.39 is 0 Å². The van der Waals surface area contributed by atoms with Gasteiger partial charge in [0.15, 0.2) is 0 Å². The summed E-state index contributed by atoms with van der Waals surface area (Å²) in [6, 6.07) is 17.2. The van der Waals surface area contributed by atoms with Crippen LogP contribution in [0.25, 0.3) is 0 Å². The molecule has 3 rings (SSSR count). The standard InChI is InChI=1S/C17H19NO/c1-12-6-5-7-13(10-12)17-11-15(18-2)14-8-3-4-9-16(14)19-17/h3-10,15,17-18H,11H2,1-2H3. The van der Waals surface area contributed by atoms with Crippen molar-refractivity contribution >= 4 is 0 Å². The van der Waals surface area contributed by atoms with Gasteiger partial charge in [-0.05, 0) is 25.6 Å². The molecule has 0 aromatic heterocycles. The van der Waals surface area contributed by atoms with E-state index in [0.29, 0.717) is 6.04 Å². The SMILES string of the molecule is CNC1CC(c2cccc(C)c2)Oc2ccccc21. The zero-order valence-corrected chi connectivity index (χ0v) is 11.4. The lowest BCUT2D eigenvalue weighted by Crippen LogP contribution is -2.26. The summed E-state index contributed by atoms with van der Waals surface area (Å²) in [7, 11) is 2.01. The molecule has 0 radical (unpaired) electrons. The van der Waals surface area contributed by atoms with Crippen molar-refractivity contribution in [2.24, 2.45) is 0 Å². The van der Waals surface area contributed by atoms with Crippen molar-refractivity contribution in [3.8, 4) is 5.75 Å². The summed E-state index contributed by atoms with van der Waals surface area (Å²) in [5, 5.41) is 3.39. The van der Waals surface area contributed by atoms with Gasteiger partial charge in [0.1, 0.15) is 11.9 Å². The molecule has 1 heterocycles. The maximum absolute atomic E-state index is 6.17. The normalized spacial score (nSPS) is 21.6. The molecule has 0 saturated heterocycles. The summed E-state index contributed by atoms with van der Waals surface area (Å²) < 4.78 is 6.17. The van der Waals surface area contributed by atoms with Gasteiger partial charge in [-0.25, -0.2) is 0 Å². The maximum atomic E-state index is 6.17. The van der Waals surface area contributed by atoms with Gasteiger partial charge in [0, 0.05) is 18.0 Å². The lowest BCUT2D eigenvalue weighted by Gasteiger charge is -2.32. The molecule has 1 aliphatic rings. The summed E-state index contributed by atoms with van der Waals surface area (Å²) in [4.78, 5) is 0. The van der Waals surface area contributed by atoms with Crippen molar-refractivity contribution in [1.29, 1.82) is 0 Å². The van der Waals surface area contributed by atoms with Gasteiger partial charge in [-0.15, -0.1) is 0 Å². The highest BCUT2D eigenvalue weighted by molar-refractivity contribution is 5.39. The number of rotatable bonds is 2. The molecule has 2 aromatic carbocycles. The second kappa shape index (κ2) is 5.06. The minimum absolute atomic E-state index is 0.132. The van der Waals surface area contributed by atoms with Crippen LogP contribution in [-0.4, -0.2) is 7.05 Å². The molecule has 2 heteroatoms. The van der Waals surface area contributed by atoms with E-state index in [2.05, 4.69) is 54.7 Å². The molecule has 1 N–H and O–H groups in total.